The third-order valence-corrected chi connectivity index (χ3v) is 5.44. The number of nitrogens with zero attached hydrogens (tertiary/aromatic N) is 1. The minimum Gasteiger partial charge on any atom is -0.480 e. The fraction of sp³-hybridized carbons (Fsp3) is 0.227. The highest BCUT2D eigenvalue weighted by atomic mass is 35.5. The number of carbonyl (C=O) groups is 1. The Balaban J connectivity index is 1.83. The van der Waals surface area contributed by atoms with Crippen LogP contribution in [0.15, 0.2) is 66.7 Å². The molecule has 0 radical (unpaired) electrons. The van der Waals surface area contributed by atoms with Gasteiger partial charge in [-0.25, -0.2) is 0 Å². The molecule has 4 heteroatoms. The van der Waals surface area contributed by atoms with Gasteiger partial charge in [0.2, 0.25) is 0 Å². The lowest BCUT2D eigenvalue weighted by Gasteiger charge is -2.32. The van der Waals surface area contributed by atoms with Gasteiger partial charge in [-0.2, -0.15) is 0 Å². The molecule has 0 aromatic heterocycles. The Labute approximate surface area is 157 Å². The van der Waals surface area contributed by atoms with Crippen LogP contribution in [0.4, 0.5) is 0 Å². The number of hydrogen-bond donors (Lipinski definition) is 1. The zero-order valence-electron chi connectivity index (χ0n) is 14.3. The first kappa shape index (κ1) is 17.1. The van der Waals surface area contributed by atoms with Crippen LogP contribution in [0.1, 0.15) is 30.0 Å². The summed E-state index contributed by atoms with van der Waals surface area (Å²) in [5.41, 5.74) is 2.18. The molecule has 4 rings (SSSR count). The minimum atomic E-state index is -0.748. The second kappa shape index (κ2) is 7.10. The van der Waals surface area contributed by atoms with Crippen LogP contribution in [0.25, 0.3) is 10.8 Å². The van der Waals surface area contributed by atoms with Crippen molar-refractivity contribution in [2.75, 3.05) is 6.54 Å². The Morgan fingerprint density at radius 2 is 1.69 bits per heavy atom. The second-order valence-electron chi connectivity index (χ2n) is 6.79. The number of likely N-dealkylation sites (tertiary alicyclic amines) is 1. The highest BCUT2D eigenvalue weighted by Gasteiger charge is 2.36. The van der Waals surface area contributed by atoms with Gasteiger partial charge in [0, 0.05) is 11.6 Å². The van der Waals surface area contributed by atoms with Crippen LogP contribution in [-0.4, -0.2) is 28.6 Å². The maximum atomic E-state index is 11.8. The Kier molecular flexibility index (Phi) is 4.66. The summed E-state index contributed by atoms with van der Waals surface area (Å²) in [5.74, 6) is -0.748. The molecular formula is C22H20ClNO2. The van der Waals surface area contributed by atoms with Gasteiger partial charge in [-0.05, 0) is 52.9 Å². The molecule has 1 saturated heterocycles. The first-order chi connectivity index (χ1) is 12.6. The molecule has 3 aromatic rings. The zero-order chi connectivity index (χ0) is 18.1. The predicted molar refractivity (Wildman–Crippen MR) is 105 cm³/mol. The quantitative estimate of drug-likeness (QED) is 0.696. The molecule has 0 amide bonds. The van der Waals surface area contributed by atoms with E-state index in [0.29, 0.717) is 11.4 Å². The van der Waals surface area contributed by atoms with Crippen molar-refractivity contribution in [1.29, 1.82) is 0 Å². The lowest BCUT2D eigenvalue weighted by Crippen LogP contribution is -2.39. The molecule has 1 aliphatic rings. The Morgan fingerprint density at radius 3 is 2.42 bits per heavy atom. The molecule has 2 atom stereocenters. The number of hydrogen-bond acceptors (Lipinski definition) is 2. The molecular weight excluding hydrogens is 346 g/mol. The predicted octanol–water partition coefficient (Wildman–Crippen LogP) is 5.13. The van der Waals surface area contributed by atoms with Crippen LogP contribution in [0.5, 0.6) is 0 Å². The van der Waals surface area contributed by atoms with Gasteiger partial charge in [-0.15, -0.1) is 0 Å². The normalized spacial score (nSPS) is 18.9. The van der Waals surface area contributed by atoms with E-state index in [2.05, 4.69) is 35.2 Å². The minimum absolute atomic E-state index is 0.0968. The molecule has 1 heterocycles. The Morgan fingerprint density at radius 1 is 1.00 bits per heavy atom. The van der Waals surface area contributed by atoms with Crippen molar-refractivity contribution in [2.45, 2.75) is 24.9 Å². The summed E-state index contributed by atoms with van der Waals surface area (Å²) in [6.45, 7) is 0.775. The highest BCUT2D eigenvalue weighted by Crippen LogP contribution is 2.36. The van der Waals surface area contributed by atoms with Crippen LogP contribution in [0.2, 0.25) is 5.02 Å². The van der Waals surface area contributed by atoms with E-state index in [1.165, 1.54) is 5.39 Å². The molecule has 1 fully saturated rings. The van der Waals surface area contributed by atoms with Crippen molar-refractivity contribution in [2.24, 2.45) is 0 Å². The molecule has 3 aromatic carbocycles. The number of fused-ring (bicyclic) bond motifs is 1. The van der Waals surface area contributed by atoms with E-state index in [4.69, 9.17) is 11.6 Å². The van der Waals surface area contributed by atoms with E-state index in [-0.39, 0.29) is 6.04 Å². The second-order valence-corrected chi connectivity index (χ2v) is 7.23. The highest BCUT2D eigenvalue weighted by molar-refractivity contribution is 6.30. The topological polar surface area (TPSA) is 40.5 Å². The van der Waals surface area contributed by atoms with Crippen LogP contribution < -0.4 is 0 Å². The number of halogens is 1. The number of carboxylic acids is 1. The van der Waals surface area contributed by atoms with E-state index in [9.17, 15) is 9.90 Å². The summed E-state index contributed by atoms with van der Waals surface area (Å²) in [5, 5.41) is 12.7. The van der Waals surface area contributed by atoms with Crippen LogP contribution >= 0.6 is 11.6 Å². The molecule has 132 valence electrons. The fourth-order valence-electron chi connectivity index (χ4n) is 3.96. The Bertz CT molecular complexity index is 938. The smallest absolute Gasteiger partial charge is 0.320 e. The summed E-state index contributed by atoms with van der Waals surface area (Å²) < 4.78 is 0. The van der Waals surface area contributed by atoms with Gasteiger partial charge >= 0.3 is 5.97 Å². The molecule has 1 aliphatic heterocycles. The van der Waals surface area contributed by atoms with Crippen molar-refractivity contribution in [3.8, 4) is 0 Å². The van der Waals surface area contributed by atoms with Gasteiger partial charge in [0.05, 0.1) is 6.04 Å². The molecule has 3 nitrogen and oxygen atoms in total. The van der Waals surface area contributed by atoms with Gasteiger partial charge < -0.3 is 5.11 Å². The molecule has 26 heavy (non-hydrogen) atoms. The molecule has 0 aliphatic carbocycles. The SMILES string of the molecule is O=C(O)C1CCCN1C(c1ccc(Cl)cc1)c1ccc2ccccc2c1. The van der Waals surface area contributed by atoms with Crippen molar-refractivity contribution in [3.63, 3.8) is 0 Å². The standard InChI is InChI=1S/C22H20ClNO2/c23-19-11-9-16(10-12-19)21(24-13-3-6-20(24)22(25)26)18-8-7-15-4-1-2-5-17(15)14-18/h1-2,4-5,7-12,14,20-21H,3,6,13H2,(H,25,26). The summed E-state index contributed by atoms with van der Waals surface area (Å²) in [6.07, 6.45) is 1.58. The first-order valence-corrected chi connectivity index (χ1v) is 9.24. The van der Waals surface area contributed by atoms with E-state index in [1.807, 2.05) is 36.4 Å². The van der Waals surface area contributed by atoms with Crippen LogP contribution in [0.3, 0.4) is 0 Å². The molecule has 2 unspecified atom stereocenters. The third kappa shape index (κ3) is 3.20. The lowest BCUT2D eigenvalue weighted by molar-refractivity contribution is -0.142. The van der Waals surface area contributed by atoms with Crippen molar-refractivity contribution in [1.82, 2.24) is 4.90 Å². The summed E-state index contributed by atoms with van der Waals surface area (Å²) in [7, 11) is 0. The maximum absolute atomic E-state index is 11.8. The molecule has 0 spiro atoms. The third-order valence-electron chi connectivity index (χ3n) is 5.19. The number of carboxylic acid groups (broad SMARTS) is 1. The maximum Gasteiger partial charge on any atom is 0.320 e. The average molecular weight is 366 g/mol. The van der Waals surface area contributed by atoms with E-state index < -0.39 is 12.0 Å². The van der Waals surface area contributed by atoms with E-state index in [1.54, 1.807) is 0 Å². The monoisotopic (exact) mass is 365 g/mol. The van der Waals surface area contributed by atoms with Crippen LogP contribution in [-0.2, 0) is 4.79 Å². The summed E-state index contributed by atoms with van der Waals surface area (Å²) in [6, 6.07) is 21.8. The molecule has 0 saturated carbocycles. The number of aliphatic carboxylic acids is 1. The fourth-order valence-corrected chi connectivity index (χ4v) is 4.09. The van der Waals surface area contributed by atoms with Crippen LogP contribution in [0, 0.1) is 0 Å². The Hall–Kier alpha value is -2.36. The van der Waals surface area contributed by atoms with Crippen molar-refractivity contribution < 1.29 is 9.90 Å². The van der Waals surface area contributed by atoms with Gasteiger partial charge in [-0.1, -0.05) is 60.1 Å². The average Bonchev–Trinajstić information content (AvgIpc) is 3.13. The van der Waals surface area contributed by atoms with E-state index in [0.717, 1.165) is 29.5 Å². The van der Waals surface area contributed by atoms with Gasteiger partial charge in [0.15, 0.2) is 0 Å². The molecule has 1 N–H and O–H groups in total. The van der Waals surface area contributed by atoms with Crippen molar-refractivity contribution >= 4 is 28.3 Å². The van der Waals surface area contributed by atoms with Gasteiger partial charge in [-0.3, -0.25) is 9.69 Å². The first-order valence-electron chi connectivity index (χ1n) is 8.86. The summed E-state index contributed by atoms with van der Waals surface area (Å²) in [4.78, 5) is 13.9. The zero-order valence-corrected chi connectivity index (χ0v) is 15.1. The lowest BCUT2D eigenvalue weighted by atomic mass is 9.94. The van der Waals surface area contributed by atoms with Crippen molar-refractivity contribution in [3.05, 3.63) is 82.9 Å². The number of benzene rings is 3. The van der Waals surface area contributed by atoms with E-state index >= 15 is 0 Å². The number of rotatable bonds is 4. The molecule has 0 bridgehead atoms. The van der Waals surface area contributed by atoms with Gasteiger partial charge in [0.25, 0.3) is 0 Å². The van der Waals surface area contributed by atoms with Gasteiger partial charge in [0.1, 0.15) is 6.04 Å². The summed E-state index contributed by atoms with van der Waals surface area (Å²) >= 11 is 6.07. The largest absolute Gasteiger partial charge is 0.480 e.